The summed E-state index contributed by atoms with van der Waals surface area (Å²) in [4.78, 5) is 44.3. The van der Waals surface area contributed by atoms with Crippen LogP contribution < -0.4 is 22.1 Å². The Morgan fingerprint density at radius 2 is 1.23 bits per heavy atom. The van der Waals surface area contributed by atoms with E-state index in [1.807, 2.05) is 0 Å². The fourth-order valence-electron chi connectivity index (χ4n) is 3.65. The fourth-order valence-corrected chi connectivity index (χ4v) is 3.65. The van der Waals surface area contributed by atoms with Crippen LogP contribution in [0.1, 0.15) is 34.6 Å². The van der Waals surface area contributed by atoms with Gasteiger partial charge in [0.15, 0.2) is 5.79 Å². The Kier molecular flexibility index (Phi) is 7.17. The number of nitrogens with zero attached hydrogens (tertiary/aromatic N) is 2. The number of hydrogen-bond donors (Lipinski definition) is 4. The first-order valence-corrected chi connectivity index (χ1v) is 10.4. The Labute approximate surface area is 198 Å². The van der Waals surface area contributed by atoms with Crippen molar-refractivity contribution in [3.05, 3.63) is 67.8 Å². The summed E-state index contributed by atoms with van der Waals surface area (Å²) in [7, 11) is 0. The van der Waals surface area contributed by atoms with Crippen LogP contribution >= 0.6 is 0 Å². The second-order valence-electron chi connectivity index (χ2n) is 8.18. The fraction of sp³-hybridized carbons (Fsp3) is 0.333. The third-order valence-corrected chi connectivity index (χ3v) is 5.23. The molecule has 0 aliphatic carbocycles. The standard InChI is InChI=1S/C21H24N6O8/c1-21(2)34-17(9-24-13-5-3-11(19(22)28)7-15(13)26(30)31)18(35-21)10-25-14-6-4-12(20(23)29)8-16(14)27(32)33/h3-8,17-18,24-25H,9-10H2,1-2H3,(H2,22,28)(H2,23,29)/t17-,18-/m1/s1. The van der Waals surface area contributed by atoms with Crippen LogP contribution in [0.25, 0.3) is 0 Å². The first-order valence-electron chi connectivity index (χ1n) is 10.4. The van der Waals surface area contributed by atoms with Gasteiger partial charge in [0.25, 0.3) is 11.4 Å². The van der Waals surface area contributed by atoms with Crippen LogP contribution in [0.15, 0.2) is 36.4 Å². The Hall–Kier alpha value is -4.30. The molecule has 0 bridgehead atoms. The van der Waals surface area contributed by atoms with Crippen molar-refractivity contribution in [1.29, 1.82) is 0 Å². The minimum Gasteiger partial charge on any atom is -0.377 e. The van der Waals surface area contributed by atoms with Gasteiger partial charge in [-0.2, -0.15) is 0 Å². The van der Waals surface area contributed by atoms with E-state index in [0.717, 1.165) is 12.1 Å². The average Bonchev–Trinajstić information content (AvgIpc) is 3.08. The summed E-state index contributed by atoms with van der Waals surface area (Å²) in [5, 5.41) is 28.7. The Morgan fingerprint density at radius 3 is 1.54 bits per heavy atom. The molecule has 2 atom stereocenters. The number of benzene rings is 2. The molecule has 14 heteroatoms. The largest absolute Gasteiger partial charge is 0.377 e. The molecule has 1 fully saturated rings. The van der Waals surface area contributed by atoms with Crippen LogP contribution in [0.5, 0.6) is 0 Å². The molecule has 0 saturated carbocycles. The molecular formula is C21H24N6O8. The smallest absolute Gasteiger partial charge is 0.293 e. The van der Waals surface area contributed by atoms with Gasteiger partial charge >= 0.3 is 0 Å². The van der Waals surface area contributed by atoms with Crippen LogP contribution in [-0.2, 0) is 9.47 Å². The highest BCUT2D eigenvalue weighted by molar-refractivity contribution is 5.95. The highest BCUT2D eigenvalue weighted by Gasteiger charge is 2.41. The highest BCUT2D eigenvalue weighted by atomic mass is 16.8. The van der Waals surface area contributed by atoms with E-state index < -0.39 is 39.7 Å². The van der Waals surface area contributed by atoms with Crippen molar-refractivity contribution in [1.82, 2.24) is 0 Å². The summed E-state index contributed by atoms with van der Waals surface area (Å²) in [6.45, 7) is 3.56. The number of nitro groups is 2. The lowest BCUT2D eigenvalue weighted by atomic mass is 10.1. The molecule has 2 aromatic rings. The van der Waals surface area contributed by atoms with Gasteiger partial charge in [0.1, 0.15) is 23.6 Å². The number of nitro benzene ring substituents is 2. The number of ether oxygens (including phenoxy) is 2. The van der Waals surface area contributed by atoms with Gasteiger partial charge in [-0.05, 0) is 38.1 Å². The maximum atomic E-state index is 11.4. The molecule has 1 aliphatic rings. The lowest BCUT2D eigenvalue weighted by Gasteiger charge is -2.19. The molecule has 3 rings (SSSR count). The van der Waals surface area contributed by atoms with Gasteiger partial charge in [0.05, 0.1) is 9.85 Å². The summed E-state index contributed by atoms with van der Waals surface area (Å²) in [5.41, 5.74) is 10.0. The topological polar surface area (TPSA) is 215 Å². The zero-order valence-corrected chi connectivity index (χ0v) is 18.8. The van der Waals surface area contributed by atoms with E-state index in [4.69, 9.17) is 20.9 Å². The molecule has 0 unspecified atom stereocenters. The number of rotatable bonds is 10. The molecule has 2 aromatic carbocycles. The van der Waals surface area contributed by atoms with E-state index in [9.17, 15) is 29.8 Å². The predicted octanol–water partition coefficient (Wildman–Crippen LogP) is 1.74. The van der Waals surface area contributed by atoms with Crippen LogP contribution in [0.2, 0.25) is 0 Å². The first-order chi connectivity index (χ1) is 16.4. The average molecular weight is 488 g/mol. The van der Waals surface area contributed by atoms with E-state index in [1.54, 1.807) is 13.8 Å². The van der Waals surface area contributed by atoms with Crippen molar-refractivity contribution in [3.8, 4) is 0 Å². The Bertz CT molecular complexity index is 1090. The molecule has 0 spiro atoms. The quantitative estimate of drug-likeness (QED) is 0.280. The summed E-state index contributed by atoms with van der Waals surface area (Å²) in [5.74, 6) is -2.57. The third kappa shape index (κ3) is 5.99. The Morgan fingerprint density at radius 1 is 0.857 bits per heavy atom. The predicted molar refractivity (Wildman–Crippen MR) is 124 cm³/mol. The second-order valence-corrected chi connectivity index (χ2v) is 8.18. The zero-order valence-electron chi connectivity index (χ0n) is 18.8. The van der Waals surface area contributed by atoms with Gasteiger partial charge in [-0.25, -0.2) is 0 Å². The van der Waals surface area contributed by atoms with Gasteiger partial charge in [-0.1, -0.05) is 0 Å². The molecule has 186 valence electrons. The molecule has 1 saturated heterocycles. The molecule has 6 N–H and O–H groups in total. The van der Waals surface area contributed by atoms with Crippen LogP contribution in [0.4, 0.5) is 22.7 Å². The van der Waals surface area contributed by atoms with Crippen LogP contribution in [-0.4, -0.2) is 52.7 Å². The van der Waals surface area contributed by atoms with Crippen molar-refractivity contribution in [2.24, 2.45) is 11.5 Å². The van der Waals surface area contributed by atoms with Gasteiger partial charge in [0.2, 0.25) is 11.8 Å². The monoisotopic (exact) mass is 488 g/mol. The van der Waals surface area contributed by atoms with Gasteiger partial charge in [-0.15, -0.1) is 0 Å². The molecule has 35 heavy (non-hydrogen) atoms. The zero-order chi connectivity index (χ0) is 25.9. The summed E-state index contributed by atoms with van der Waals surface area (Å²) < 4.78 is 11.8. The van der Waals surface area contributed by atoms with E-state index in [2.05, 4.69) is 10.6 Å². The molecular weight excluding hydrogens is 464 g/mol. The minimum atomic E-state index is -0.984. The van der Waals surface area contributed by atoms with Crippen molar-refractivity contribution in [2.45, 2.75) is 31.8 Å². The van der Waals surface area contributed by atoms with Gasteiger partial charge < -0.3 is 31.6 Å². The molecule has 2 amide bonds. The SMILES string of the molecule is CC1(C)O[C@H](CNc2ccc(C(N)=O)cc2[N+](=O)[O-])[C@@H](CNc2ccc(C(N)=O)cc2[N+](=O)[O-])O1. The van der Waals surface area contributed by atoms with E-state index in [1.165, 1.54) is 24.3 Å². The number of carbonyl (C=O) groups is 2. The van der Waals surface area contributed by atoms with Crippen molar-refractivity contribution in [3.63, 3.8) is 0 Å². The molecule has 14 nitrogen and oxygen atoms in total. The molecule has 0 radical (unpaired) electrons. The van der Waals surface area contributed by atoms with Crippen molar-refractivity contribution in [2.75, 3.05) is 23.7 Å². The van der Waals surface area contributed by atoms with Crippen molar-refractivity contribution < 1.29 is 28.9 Å². The minimum absolute atomic E-state index is 0.00476. The van der Waals surface area contributed by atoms with Crippen LogP contribution in [0.3, 0.4) is 0 Å². The number of anilines is 2. The van der Waals surface area contributed by atoms with E-state index in [0.29, 0.717) is 0 Å². The van der Waals surface area contributed by atoms with Crippen LogP contribution in [0, 0.1) is 20.2 Å². The number of nitrogens with one attached hydrogen (secondary N) is 2. The number of primary amides is 2. The van der Waals surface area contributed by atoms with Gasteiger partial charge in [-0.3, -0.25) is 29.8 Å². The Balaban J connectivity index is 1.75. The van der Waals surface area contributed by atoms with E-state index in [-0.39, 0.29) is 47.0 Å². The maximum absolute atomic E-state index is 11.4. The number of amides is 2. The lowest BCUT2D eigenvalue weighted by Crippen LogP contribution is -2.35. The summed E-state index contributed by atoms with van der Waals surface area (Å²) in [6, 6.07) is 7.62. The highest BCUT2D eigenvalue weighted by Crippen LogP contribution is 2.32. The molecule has 0 aromatic heterocycles. The summed E-state index contributed by atoms with van der Waals surface area (Å²) in [6.07, 6.45) is -1.20. The van der Waals surface area contributed by atoms with Gasteiger partial charge in [0, 0.05) is 36.3 Å². The van der Waals surface area contributed by atoms with Crippen molar-refractivity contribution >= 4 is 34.6 Å². The summed E-state index contributed by atoms with van der Waals surface area (Å²) >= 11 is 0. The maximum Gasteiger partial charge on any atom is 0.293 e. The lowest BCUT2D eigenvalue weighted by molar-refractivity contribution is -0.384. The normalized spacial score (nSPS) is 18.6. The second kappa shape index (κ2) is 9.90. The number of hydrogen-bond acceptors (Lipinski definition) is 10. The number of nitrogens with two attached hydrogens (primary N) is 2. The molecule has 1 heterocycles. The number of carbonyl (C=O) groups excluding carboxylic acids is 2. The molecule has 1 aliphatic heterocycles. The van der Waals surface area contributed by atoms with E-state index >= 15 is 0 Å². The third-order valence-electron chi connectivity index (χ3n) is 5.23. The first kappa shape index (κ1) is 25.3.